The molecule has 0 bridgehead atoms. The number of H-pyrrole nitrogens is 1. The number of aromatic amines is 1. The van der Waals surface area contributed by atoms with Gasteiger partial charge in [0.25, 0.3) is 0 Å². The maximum absolute atomic E-state index is 12.7. The molecule has 3 aromatic rings. The zero-order valence-electron chi connectivity index (χ0n) is 11.6. The molecule has 0 amide bonds. The standard InChI is InChI=1S/C17H15BrN2O/c1-2-10-4-3-5-12-13(9-20-16(10)12)17(21)11-6-7-14(18)15(19)8-11/h3-9,20H,2,19H2,1H3. The number of anilines is 1. The molecule has 0 aliphatic heterocycles. The molecule has 106 valence electrons. The van der Waals surface area contributed by atoms with Gasteiger partial charge in [0.2, 0.25) is 0 Å². The van der Waals surface area contributed by atoms with E-state index in [0.29, 0.717) is 16.8 Å². The lowest BCUT2D eigenvalue weighted by molar-refractivity contribution is 0.104. The Kier molecular flexibility index (Phi) is 3.55. The van der Waals surface area contributed by atoms with Crippen LogP contribution in [-0.4, -0.2) is 10.8 Å². The molecule has 3 N–H and O–H groups in total. The molecule has 0 unspecified atom stereocenters. The van der Waals surface area contributed by atoms with Gasteiger partial charge in [-0.2, -0.15) is 0 Å². The van der Waals surface area contributed by atoms with E-state index in [4.69, 9.17) is 5.73 Å². The third-order valence-corrected chi connectivity index (χ3v) is 4.41. The summed E-state index contributed by atoms with van der Waals surface area (Å²) in [6, 6.07) is 11.3. The van der Waals surface area contributed by atoms with Crippen molar-refractivity contribution in [3.8, 4) is 0 Å². The lowest BCUT2D eigenvalue weighted by atomic mass is 10.0. The minimum atomic E-state index is -0.0197. The smallest absolute Gasteiger partial charge is 0.195 e. The number of carbonyl (C=O) groups is 1. The summed E-state index contributed by atoms with van der Waals surface area (Å²) >= 11 is 3.34. The highest BCUT2D eigenvalue weighted by molar-refractivity contribution is 9.10. The molecule has 0 saturated heterocycles. The summed E-state index contributed by atoms with van der Waals surface area (Å²) in [5.41, 5.74) is 9.95. The third-order valence-electron chi connectivity index (χ3n) is 3.69. The van der Waals surface area contributed by atoms with Gasteiger partial charge in [0, 0.05) is 38.4 Å². The van der Waals surface area contributed by atoms with Crippen molar-refractivity contribution in [3.63, 3.8) is 0 Å². The summed E-state index contributed by atoms with van der Waals surface area (Å²) < 4.78 is 0.797. The van der Waals surface area contributed by atoms with Gasteiger partial charge in [-0.1, -0.05) is 25.1 Å². The number of nitrogen functional groups attached to an aromatic ring is 1. The van der Waals surface area contributed by atoms with E-state index in [9.17, 15) is 4.79 Å². The van der Waals surface area contributed by atoms with E-state index in [1.165, 1.54) is 5.56 Å². The summed E-state index contributed by atoms with van der Waals surface area (Å²) in [5.74, 6) is -0.0197. The molecule has 3 nitrogen and oxygen atoms in total. The number of para-hydroxylation sites is 1. The number of hydrogen-bond donors (Lipinski definition) is 2. The maximum atomic E-state index is 12.7. The Morgan fingerprint density at radius 3 is 2.81 bits per heavy atom. The Morgan fingerprint density at radius 2 is 2.10 bits per heavy atom. The van der Waals surface area contributed by atoms with Gasteiger partial charge in [-0.25, -0.2) is 0 Å². The van der Waals surface area contributed by atoms with Crippen LogP contribution in [0.3, 0.4) is 0 Å². The second-order valence-electron chi connectivity index (χ2n) is 4.96. The van der Waals surface area contributed by atoms with E-state index >= 15 is 0 Å². The Labute approximate surface area is 131 Å². The van der Waals surface area contributed by atoms with E-state index in [2.05, 4.69) is 33.9 Å². The normalized spacial score (nSPS) is 11.0. The van der Waals surface area contributed by atoms with Crippen LogP contribution in [0.4, 0.5) is 5.69 Å². The first-order chi connectivity index (χ1) is 10.1. The average molecular weight is 343 g/mol. The van der Waals surface area contributed by atoms with Crippen LogP contribution < -0.4 is 5.73 Å². The van der Waals surface area contributed by atoms with Crippen molar-refractivity contribution in [3.05, 3.63) is 63.8 Å². The van der Waals surface area contributed by atoms with Gasteiger partial charge in [-0.05, 0) is 46.1 Å². The number of hydrogen-bond acceptors (Lipinski definition) is 2. The number of halogens is 1. The van der Waals surface area contributed by atoms with Gasteiger partial charge in [0.1, 0.15) is 0 Å². The average Bonchev–Trinajstić information content (AvgIpc) is 2.93. The number of nitrogens with one attached hydrogen (secondary N) is 1. The second kappa shape index (κ2) is 5.37. The topological polar surface area (TPSA) is 58.9 Å². The van der Waals surface area contributed by atoms with Crippen molar-refractivity contribution in [2.24, 2.45) is 0 Å². The van der Waals surface area contributed by atoms with Crippen LogP contribution in [0.15, 0.2) is 47.1 Å². The minimum absolute atomic E-state index is 0.0197. The quantitative estimate of drug-likeness (QED) is 0.550. The van der Waals surface area contributed by atoms with Crippen molar-refractivity contribution in [1.82, 2.24) is 4.98 Å². The van der Waals surface area contributed by atoms with Gasteiger partial charge < -0.3 is 10.7 Å². The molecule has 0 atom stereocenters. The number of carbonyl (C=O) groups excluding carboxylic acids is 1. The summed E-state index contributed by atoms with van der Waals surface area (Å²) in [4.78, 5) is 15.9. The van der Waals surface area contributed by atoms with Crippen molar-refractivity contribution < 1.29 is 4.79 Å². The van der Waals surface area contributed by atoms with E-state index in [1.54, 1.807) is 24.4 Å². The van der Waals surface area contributed by atoms with Crippen molar-refractivity contribution in [2.45, 2.75) is 13.3 Å². The Morgan fingerprint density at radius 1 is 1.29 bits per heavy atom. The van der Waals surface area contributed by atoms with Gasteiger partial charge in [-0.15, -0.1) is 0 Å². The number of rotatable bonds is 3. The third kappa shape index (κ3) is 2.36. The first-order valence-electron chi connectivity index (χ1n) is 6.80. The van der Waals surface area contributed by atoms with Crippen LogP contribution in [0.5, 0.6) is 0 Å². The Balaban J connectivity index is 2.11. The second-order valence-corrected chi connectivity index (χ2v) is 5.82. The molecule has 1 heterocycles. The van der Waals surface area contributed by atoms with Gasteiger partial charge in [0.15, 0.2) is 5.78 Å². The highest BCUT2D eigenvalue weighted by Gasteiger charge is 2.16. The summed E-state index contributed by atoms with van der Waals surface area (Å²) in [7, 11) is 0. The van der Waals surface area contributed by atoms with Crippen LogP contribution in [0.2, 0.25) is 0 Å². The SMILES string of the molecule is CCc1cccc2c(C(=O)c3ccc(Br)c(N)c3)c[nH]c12. The fourth-order valence-electron chi connectivity index (χ4n) is 2.54. The molecular formula is C17H15BrN2O. The predicted octanol–water partition coefficient (Wildman–Crippen LogP) is 4.31. The largest absolute Gasteiger partial charge is 0.398 e. The number of fused-ring (bicyclic) bond motifs is 1. The zero-order valence-corrected chi connectivity index (χ0v) is 13.2. The molecule has 0 aliphatic carbocycles. The van der Waals surface area contributed by atoms with Gasteiger partial charge >= 0.3 is 0 Å². The minimum Gasteiger partial charge on any atom is -0.398 e. The van der Waals surface area contributed by atoms with Crippen LogP contribution in [0, 0.1) is 0 Å². The Hall–Kier alpha value is -2.07. The highest BCUT2D eigenvalue weighted by Crippen LogP contribution is 2.26. The summed E-state index contributed by atoms with van der Waals surface area (Å²) in [6.45, 7) is 2.10. The number of aromatic nitrogens is 1. The molecule has 2 aromatic carbocycles. The fourth-order valence-corrected chi connectivity index (χ4v) is 2.79. The first-order valence-corrected chi connectivity index (χ1v) is 7.59. The van der Waals surface area contributed by atoms with E-state index < -0.39 is 0 Å². The highest BCUT2D eigenvalue weighted by atomic mass is 79.9. The zero-order chi connectivity index (χ0) is 15.0. The monoisotopic (exact) mass is 342 g/mol. The number of benzene rings is 2. The molecule has 21 heavy (non-hydrogen) atoms. The van der Waals surface area contributed by atoms with E-state index in [0.717, 1.165) is 21.8 Å². The number of nitrogens with two attached hydrogens (primary N) is 1. The van der Waals surface area contributed by atoms with Crippen LogP contribution >= 0.6 is 15.9 Å². The van der Waals surface area contributed by atoms with Gasteiger partial charge in [-0.3, -0.25) is 4.79 Å². The molecule has 3 rings (SSSR count). The molecule has 0 aliphatic rings. The lowest BCUT2D eigenvalue weighted by Crippen LogP contribution is -2.01. The molecule has 0 spiro atoms. The number of aryl methyl sites for hydroxylation is 1. The summed E-state index contributed by atoms with van der Waals surface area (Å²) in [5, 5.41) is 0.959. The Bertz CT molecular complexity index is 836. The van der Waals surface area contributed by atoms with Gasteiger partial charge in [0.05, 0.1) is 0 Å². The number of ketones is 1. The van der Waals surface area contributed by atoms with Crippen LogP contribution in [0.1, 0.15) is 28.4 Å². The molecule has 1 aromatic heterocycles. The molecule has 4 heteroatoms. The fraction of sp³-hybridized carbons (Fsp3) is 0.118. The maximum Gasteiger partial charge on any atom is 0.195 e. The van der Waals surface area contributed by atoms with Crippen LogP contribution in [-0.2, 0) is 6.42 Å². The first kappa shape index (κ1) is 13.9. The van der Waals surface area contributed by atoms with Crippen LogP contribution in [0.25, 0.3) is 10.9 Å². The molecule has 0 saturated carbocycles. The predicted molar refractivity (Wildman–Crippen MR) is 89.7 cm³/mol. The van der Waals surface area contributed by atoms with Crippen molar-refractivity contribution in [1.29, 1.82) is 0 Å². The summed E-state index contributed by atoms with van der Waals surface area (Å²) in [6.07, 6.45) is 2.71. The molecular weight excluding hydrogens is 328 g/mol. The van der Waals surface area contributed by atoms with E-state index in [-0.39, 0.29) is 5.78 Å². The molecule has 0 radical (unpaired) electrons. The van der Waals surface area contributed by atoms with E-state index in [1.807, 2.05) is 12.1 Å². The van der Waals surface area contributed by atoms with Crippen molar-refractivity contribution >= 4 is 38.3 Å². The molecule has 0 fully saturated rings. The lowest BCUT2D eigenvalue weighted by Gasteiger charge is -2.04. The van der Waals surface area contributed by atoms with Crippen molar-refractivity contribution in [2.75, 3.05) is 5.73 Å².